The molecule has 0 saturated carbocycles. The highest BCUT2D eigenvalue weighted by molar-refractivity contribution is 7.48. The molecule has 0 amide bonds. The molecule has 4 aromatic rings. The van der Waals surface area contributed by atoms with E-state index in [2.05, 4.69) is 104 Å². The van der Waals surface area contributed by atoms with Gasteiger partial charge in [0.05, 0.1) is 0 Å². The first-order chi connectivity index (χ1) is 19.0. The Kier molecular flexibility index (Phi) is 7.04. The van der Waals surface area contributed by atoms with Crippen molar-refractivity contribution in [3.05, 3.63) is 94.0 Å². The van der Waals surface area contributed by atoms with E-state index in [1.54, 1.807) is 0 Å². The van der Waals surface area contributed by atoms with E-state index in [1.807, 2.05) is 26.0 Å². The van der Waals surface area contributed by atoms with Crippen LogP contribution in [0.2, 0.25) is 0 Å². The fourth-order valence-corrected chi connectivity index (χ4v) is 6.43. The number of aryl methyl sites for hydroxylation is 2. The molecule has 0 aromatic heterocycles. The second kappa shape index (κ2) is 9.89. The number of benzene rings is 4. The number of phosphoric acid groups is 1. The molecule has 0 fully saturated rings. The Morgan fingerprint density at radius 1 is 0.585 bits per heavy atom. The highest BCUT2D eigenvalue weighted by Crippen LogP contribution is 2.60. The van der Waals surface area contributed by atoms with Crippen LogP contribution in [0.4, 0.5) is 0 Å². The van der Waals surface area contributed by atoms with Crippen LogP contribution in [-0.2, 0) is 15.4 Å². The maximum absolute atomic E-state index is 13.6. The zero-order valence-electron chi connectivity index (χ0n) is 25.9. The van der Waals surface area contributed by atoms with Crippen LogP contribution in [0.5, 0.6) is 11.5 Å². The molecule has 0 unspecified atom stereocenters. The van der Waals surface area contributed by atoms with Crippen LogP contribution in [0.1, 0.15) is 74.9 Å². The van der Waals surface area contributed by atoms with E-state index < -0.39 is 7.82 Å². The Morgan fingerprint density at radius 2 is 0.902 bits per heavy atom. The molecule has 5 heteroatoms. The lowest BCUT2D eigenvalue weighted by Gasteiger charge is -2.22. The summed E-state index contributed by atoms with van der Waals surface area (Å²) < 4.78 is 25.6. The van der Waals surface area contributed by atoms with Crippen molar-refractivity contribution in [1.82, 2.24) is 0 Å². The van der Waals surface area contributed by atoms with Gasteiger partial charge in [0.2, 0.25) is 0 Å². The Bertz CT molecular complexity index is 1570. The zero-order valence-corrected chi connectivity index (χ0v) is 26.8. The van der Waals surface area contributed by atoms with Crippen molar-refractivity contribution in [3.63, 3.8) is 0 Å². The fraction of sp³-hybridized carbons (Fsp3) is 0.333. The topological polar surface area (TPSA) is 55.8 Å². The van der Waals surface area contributed by atoms with Gasteiger partial charge in [-0.2, -0.15) is 0 Å². The average Bonchev–Trinajstić information content (AvgIpc) is 3.01. The molecule has 4 aromatic carbocycles. The van der Waals surface area contributed by atoms with E-state index in [0.29, 0.717) is 11.5 Å². The minimum absolute atomic E-state index is 0.0127. The molecular formula is C36H41O4P. The molecule has 1 heterocycles. The van der Waals surface area contributed by atoms with Gasteiger partial charge in [0.1, 0.15) is 11.5 Å². The molecule has 214 valence electrons. The van der Waals surface area contributed by atoms with E-state index in [4.69, 9.17) is 9.05 Å². The van der Waals surface area contributed by atoms with Gasteiger partial charge in [-0.15, -0.1) is 0 Å². The van der Waals surface area contributed by atoms with Gasteiger partial charge in [-0.1, -0.05) is 90.1 Å². The molecule has 0 saturated heterocycles. The van der Waals surface area contributed by atoms with Crippen LogP contribution in [-0.4, -0.2) is 4.89 Å². The Morgan fingerprint density at radius 3 is 1.20 bits per heavy atom. The van der Waals surface area contributed by atoms with Crippen molar-refractivity contribution in [2.75, 3.05) is 0 Å². The molecule has 4 nitrogen and oxygen atoms in total. The first-order valence-corrected chi connectivity index (χ1v) is 15.7. The second-order valence-corrected chi connectivity index (χ2v) is 14.7. The summed E-state index contributed by atoms with van der Waals surface area (Å²) in [7, 11) is -4.53. The lowest BCUT2D eigenvalue weighted by molar-refractivity contribution is 0.295. The van der Waals surface area contributed by atoms with E-state index in [-0.39, 0.29) is 10.8 Å². The molecular weight excluding hydrogens is 527 g/mol. The smallest absolute Gasteiger partial charge is 0.394 e. The lowest BCUT2D eigenvalue weighted by Crippen LogP contribution is -2.10. The third kappa shape index (κ3) is 5.36. The fourth-order valence-electron chi connectivity index (χ4n) is 5.55. The summed E-state index contributed by atoms with van der Waals surface area (Å²) in [6.45, 7) is 21.3. The highest BCUT2D eigenvalue weighted by Gasteiger charge is 2.38. The minimum Gasteiger partial charge on any atom is -0.394 e. The van der Waals surface area contributed by atoms with Crippen LogP contribution in [0.25, 0.3) is 33.4 Å². The van der Waals surface area contributed by atoms with Crippen LogP contribution >= 0.6 is 7.82 Å². The first kappa shape index (κ1) is 29.2. The van der Waals surface area contributed by atoms with Crippen molar-refractivity contribution >= 4 is 7.82 Å². The largest absolute Gasteiger partial charge is 0.584 e. The van der Waals surface area contributed by atoms with Gasteiger partial charge in [0.25, 0.3) is 0 Å². The van der Waals surface area contributed by atoms with Crippen LogP contribution < -0.4 is 9.05 Å². The highest BCUT2D eigenvalue weighted by atomic mass is 31.2. The Labute approximate surface area is 245 Å². The molecule has 41 heavy (non-hydrogen) atoms. The molecule has 1 aliphatic rings. The molecule has 0 aliphatic carbocycles. The van der Waals surface area contributed by atoms with Gasteiger partial charge < -0.3 is 9.05 Å². The summed E-state index contributed by atoms with van der Waals surface area (Å²) in [6.07, 6.45) is 0. The molecule has 0 spiro atoms. The summed E-state index contributed by atoms with van der Waals surface area (Å²) in [5, 5.41) is 0. The number of fused-ring (bicyclic) bond motifs is 3. The summed E-state index contributed by atoms with van der Waals surface area (Å²) in [5.74, 6) is 0.757. The third-order valence-electron chi connectivity index (χ3n) is 8.39. The predicted octanol–water partition coefficient (Wildman–Crippen LogP) is 10.4. The van der Waals surface area contributed by atoms with E-state index in [1.165, 1.54) is 11.1 Å². The van der Waals surface area contributed by atoms with Crippen LogP contribution in [0.15, 0.2) is 60.7 Å². The molecule has 5 rings (SSSR count). The molecule has 0 bridgehead atoms. The SMILES string of the molecule is Cc1cc(-c2ccc(C(C)(C)C)cc2)c2c(c1C)-c1c(C)c(C)cc(-c3ccc(C(C)(C)C)cc3)c1OP(=O)(O)O2. The van der Waals surface area contributed by atoms with E-state index >= 15 is 0 Å². The van der Waals surface area contributed by atoms with Gasteiger partial charge in [-0.3, -0.25) is 4.89 Å². The van der Waals surface area contributed by atoms with Gasteiger partial charge in [-0.25, -0.2) is 4.57 Å². The molecule has 0 radical (unpaired) electrons. The minimum atomic E-state index is -4.53. The number of hydrogen-bond acceptors (Lipinski definition) is 3. The van der Waals surface area contributed by atoms with Crippen molar-refractivity contribution < 1.29 is 18.5 Å². The average molecular weight is 569 g/mol. The van der Waals surface area contributed by atoms with Crippen LogP contribution in [0, 0.1) is 27.7 Å². The van der Waals surface area contributed by atoms with E-state index in [0.717, 1.165) is 55.6 Å². The number of hydrogen-bond donors (Lipinski definition) is 1. The normalized spacial score (nSPS) is 14.4. The predicted molar refractivity (Wildman–Crippen MR) is 170 cm³/mol. The van der Waals surface area contributed by atoms with Crippen molar-refractivity contribution in [3.8, 4) is 44.9 Å². The van der Waals surface area contributed by atoms with E-state index in [9.17, 15) is 9.46 Å². The maximum atomic E-state index is 13.6. The quantitative estimate of drug-likeness (QED) is 0.244. The van der Waals surface area contributed by atoms with Crippen molar-refractivity contribution in [1.29, 1.82) is 0 Å². The van der Waals surface area contributed by atoms with Gasteiger partial charge in [0, 0.05) is 22.3 Å². The maximum Gasteiger partial charge on any atom is 0.584 e. The third-order valence-corrected chi connectivity index (χ3v) is 9.21. The molecule has 1 N–H and O–H groups in total. The summed E-state index contributed by atoms with van der Waals surface area (Å²) >= 11 is 0. The molecule has 1 aliphatic heterocycles. The Hall–Kier alpha value is -3.33. The van der Waals surface area contributed by atoms with Gasteiger partial charge in [0.15, 0.2) is 0 Å². The monoisotopic (exact) mass is 568 g/mol. The zero-order chi connectivity index (χ0) is 30.1. The second-order valence-electron chi connectivity index (χ2n) is 13.4. The first-order valence-electron chi connectivity index (χ1n) is 14.2. The molecule has 0 atom stereocenters. The summed E-state index contributed by atoms with van der Waals surface area (Å²) in [4.78, 5) is 11.1. The number of phosphoric ester groups is 1. The van der Waals surface area contributed by atoms with Crippen molar-refractivity contribution in [2.45, 2.75) is 80.1 Å². The number of rotatable bonds is 2. The van der Waals surface area contributed by atoms with Gasteiger partial charge in [-0.05, 0) is 95.2 Å². The summed E-state index contributed by atoms with van der Waals surface area (Å²) in [5.41, 5.74) is 11.6. The van der Waals surface area contributed by atoms with Crippen molar-refractivity contribution in [2.24, 2.45) is 0 Å². The lowest BCUT2D eigenvalue weighted by atomic mass is 9.83. The van der Waals surface area contributed by atoms with Gasteiger partial charge >= 0.3 is 7.82 Å². The Balaban J connectivity index is 1.82. The summed E-state index contributed by atoms with van der Waals surface area (Å²) in [6, 6.07) is 20.8. The van der Waals surface area contributed by atoms with Crippen LogP contribution in [0.3, 0.4) is 0 Å². The standard InChI is InChI=1S/C36H41O4P/c1-21-19-29(25-11-15-27(16-12-25)35(5,6)7)33-31(23(21)3)32-24(4)22(2)20-30(34(32)40-41(37,38)39-33)26-13-17-28(18-14-26)36(8,9)10/h11-20H,1-10H3,(H,37,38).